The second kappa shape index (κ2) is 6.10. The molecule has 30 heavy (non-hydrogen) atoms. The lowest BCUT2D eigenvalue weighted by Crippen LogP contribution is -2.23. The molecule has 154 valence electrons. The van der Waals surface area contributed by atoms with E-state index in [1.54, 1.807) is 22.3 Å². The van der Waals surface area contributed by atoms with Gasteiger partial charge in [-0.25, -0.2) is 0 Å². The maximum absolute atomic E-state index is 2.44. The van der Waals surface area contributed by atoms with E-state index in [1.807, 2.05) is 0 Å². The Labute approximate surface area is 182 Å². The monoisotopic (exact) mass is 394 g/mol. The van der Waals surface area contributed by atoms with Crippen LogP contribution < -0.4 is 0 Å². The van der Waals surface area contributed by atoms with Crippen LogP contribution in [0.3, 0.4) is 0 Å². The molecule has 0 radical (unpaired) electrons. The third-order valence-corrected chi connectivity index (χ3v) is 6.98. The second-order valence-corrected chi connectivity index (χ2v) is 11.9. The van der Waals surface area contributed by atoms with Gasteiger partial charge in [0.25, 0.3) is 0 Å². The van der Waals surface area contributed by atoms with E-state index in [0.29, 0.717) is 0 Å². The summed E-state index contributed by atoms with van der Waals surface area (Å²) in [7, 11) is 0. The molecule has 0 saturated carbocycles. The first-order valence-corrected chi connectivity index (χ1v) is 11.4. The van der Waals surface area contributed by atoms with Crippen LogP contribution >= 0.6 is 0 Å². The molecule has 0 aliphatic heterocycles. The third kappa shape index (κ3) is 2.80. The lowest BCUT2D eigenvalue weighted by atomic mass is 9.74. The highest BCUT2D eigenvalue weighted by Crippen LogP contribution is 2.72. The molecule has 0 heteroatoms. The minimum absolute atomic E-state index is 0.0848. The van der Waals surface area contributed by atoms with Gasteiger partial charge in [-0.3, -0.25) is 0 Å². The van der Waals surface area contributed by atoms with E-state index in [2.05, 4.69) is 114 Å². The van der Waals surface area contributed by atoms with Crippen molar-refractivity contribution in [2.75, 3.05) is 0 Å². The first kappa shape index (κ1) is 19.6. The van der Waals surface area contributed by atoms with Crippen LogP contribution in [-0.2, 0) is 10.8 Å². The van der Waals surface area contributed by atoms with Gasteiger partial charge in [-0.15, -0.1) is 0 Å². The molecule has 0 amide bonds. The standard InChI is InChI=1S/C30H34/c1-27(2,3)19-29(21-13-9-7-10-14-21)23-17-18-24-26(25(23)29)30(24,20-28(4,5)6)22-15-11-8-12-16-22/h7-18H,19-20H2,1-6H3. The lowest BCUT2D eigenvalue weighted by molar-refractivity contribution is 0.334. The summed E-state index contributed by atoms with van der Waals surface area (Å²) in [4.78, 5) is 0. The largest absolute Gasteiger partial charge is 0.0622 e. The maximum Gasteiger partial charge on any atom is 0.0466 e. The number of rotatable bonds is 4. The fourth-order valence-corrected chi connectivity index (χ4v) is 6.20. The van der Waals surface area contributed by atoms with Crippen LogP contribution in [0, 0.1) is 10.8 Å². The minimum Gasteiger partial charge on any atom is -0.0622 e. The normalized spacial score (nSPS) is 24.2. The number of fused-ring (bicyclic) bond motifs is 3. The molecule has 2 aliphatic rings. The summed E-state index contributed by atoms with van der Waals surface area (Å²) in [5.74, 6) is 0. The first-order chi connectivity index (χ1) is 14.1. The van der Waals surface area contributed by atoms with Crippen molar-refractivity contribution in [2.24, 2.45) is 10.8 Å². The van der Waals surface area contributed by atoms with Crippen LogP contribution in [0.4, 0.5) is 0 Å². The predicted octanol–water partition coefficient (Wildman–Crippen LogP) is 7.85. The summed E-state index contributed by atoms with van der Waals surface area (Å²) in [6.07, 6.45) is 2.33. The van der Waals surface area contributed by atoms with Crippen molar-refractivity contribution < 1.29 is 0 Å². The summed E-state index contributed by atoms with van der Waals surface area (Å²) in [5.41, 5.74) is 10.0. The van der Waals surface area contributed by atoms with Crippen LogP contribution in [0.15, 0.2) is 72.8 Å². The highest BCUT2D eigenvalue weighted by Gasteiger charge is 2.65. The molecule has 2 unspecified atom stereocenters. The van der Waals surface area contributed by atoms with Crippen molar-refractivity contribution in [1.82, 2.24) is 0 Å². The van der Waals surface area contributed by atoms with Gasteiger partial charge in [0.05, 0.1) is 0 Å². The average molecular weight is 395 g/mol. The van der Waals surface area contributed by atoms with Gasteiger partial charge in [-0.05, 0) is 57.1 Å². The van der Waals surface area contributed by atoms with Crippen molar-refractivity contribution in [1.29, 1.82) is 0 Å². The van der Waals surface area contributed by atoms with E-state index < -0.39 is 0 Å². The van der Waals surface area contributed by atoms with Crippen molar-refractivity contribution >= 4 is 0 Å². The highest BCUT2D eigenvalue weighted by molar-refractivity contribution is 5.83. The van der Waals surface area contributed by atoms with Gasteiger partial charge in [0.15, 0.2) is 0 Å². The number of hydrogen-bond acceptors (Lipinski definition) is 0. The SMILES string of the molecule is CC(C)(C)CC1(c2ccccc2)c2ccc3c(c21)C3(CC(C)(C)C)c1ccccc1. The molecular formula is C30H34. The van der Waals surface area contributed by atoms with Crippen molar-refractivity contribution in [3.63, 3.8) is 0 Å². The Balaban J connectivity index is 1.69. The molecule has 0 aromatic heterocycles. The molecule has 0 N–H and O–H groups in total. The van der Waals surface area contributed by atoms with E-state index in [0.717, 1.165) is 12.8 Å². The summed E-state index contributed by atoms with van der Waals surface area (Å²) >= 11 is 0. The first-order valence-electron chi connectivity index (χ1n) is 11.4. The Hall–Kier alpha value is -2.34. The summed E-state index contributed by atoms with van der Waals surface area (Å²) in [6, 6.07) is 27.4. The molecule has 0 saturated heterocycles. The Morgan fingerprint density at radius 2 is 0.833 bits per heavy atom. The van der Waals surface area contributed by atoms with Crippen LogP contribution in [0.1, 0.15) is 87.8 Å². The summed E-state index contributed by atoms with van der Waals surface area (Å²) in [5, 5.41) is 0. The molecule has 0 bridgehead atoms. The molecular weight excluding hydrogens is 360 g/mol. The fourth-order valence-electron chi connectivity index (χ4n) is 6.20. The van der Waals surface area contributed by atoms with E-state index in [4.69, 9.17) is 0 Å². The number of benzene rings is 3. The molecule has 0 fully saturated rings. The van der Waals surface area contributed by atoms with Crippen LogP contribution in [0.5, 0.6) is 0 Å². The lowest BCUT2D eigenvalue weighted by Gasteiger charge is -2.29. The maximum atomic E-state index is 2.44. The predicted molar refractivity (Wildman–Crippen MR) is 127 cm³/mol. The zero-order valence-electron chi connectivity index (χ0n) is 19.3. The molecule has 0 heterocycles. The van der Waals surface area contributed by atoms with Crippen LogP contribution in [0.2, 0.25) is 0 Å². The van der Waals surface area contributed by atoms with E-state index in [1.165, 1.54) is 11.1 Å². The van der Waals surface area contributed by atoms with Gasteiger partial charge in [-0.2, -0.15) is 0 Å². The average Bonchev–Trinajstić information content (AvgIpc) is 3.53. The molecule has 5 rings (SSSR count). The van der Waals surface area contributed by atoms with Crippen LogP contribution in [0.25, 0.3) is 0 Å². The third-order valence-electron chi connectivity index (χ3n) is 6.98. The topological polar surface area (TPSA) is 0 Å². The summed E-state index contributed by atoms with van der Waals surface area (Å²) < 4.78 is 0. The van der Waals surface area contributed by atoms with Crippen LogP contribution in [-0.4, -0.2) is 0 Å². The van der Waals surface area contributed by atoms with Gasteiger partial charge >= 0.3 is 0 Å². The highest BCUT2D eigenvalue weighted by atomic mass is 14.7. The van der Waals surface area contributed by atoms with Gasteiger partial charge in [-0.1, -0.05) is 114 Å². The molecule has 0 nitrogen and oxygen atoms in total. The molecule has 2 aliphatic carbocycles. The Kier molecular flexibility index (Phi) is 3.99. The molecule has 3 aromatic rings. The van der Waals surface area contributed by atoms with E-state index in [-0.39, 0.29) is 21.7 Å². The smallest absolute Gasteiger partial charge is 0.0466 e. The van der Waals surface area contributed by atoms with E-state index in [9.17, 15) is 0 Å². The van der Waals surface area contributed by atoms with Crippen molar-refractivity contribution in [2.45, 2.75) is 65.2 Å². The second-order valence-electron chi connectivity index (χ2n) is 11.9. The Bertz CT molecular complexity index is 1000. The Morgan fingerprint density at radius 3 is 1.13 bits per heavy atom. The van der Waals surface area contributed by atoms with Crippen molar-refractivity contribution in [3.8, 4) is 0 Å². The zero-order valence-corrected chi connectivity index (χ0v) is 19.3. The molecule has 0 spiro atoms. The molecule has 2 atom stereocenters. The van der Waals surface area contributed by atoms with Gasteiger partial charge < -0.3 is 0 Å². The Morgan fingerprint density at radius 1 is 0.500 bits per heavy atom. The molecule has 3 aromatic carbocycles. The fraction of sp³-hybridized carbons (Fsp3) is 0.400. The van der Waals surface area contributed by atoms with Gasteiger partial charge in [0.2, 0.25) is 0 Å². The minimum atomic E-state index is 0.0848. The quantitative estimate of drug-likeness (QED) is 0.422. The van der Waals surface area contributed by atoms with E-state index >= 15 is 0 Å². The number of hydrogen-bond donors (Lipinski definition) is 0. The van der Waals surface area contributed by atoms with Gasteiger partial charge in [0, 0.05) is 10.8 Å². The zero-order chi connectivity index (χ0) is 21.4. The summed E-state index contributed by atoms with van der Waals surface area (Å²) in [6.45, 7) is 14.3. The van der Waals surface area contributed by atoms with Crippen molar-refractivity contribution in [3.05, 3.63) is 106 Å². The van der Waals surface area contributed by atoms with Gasteiger partial charge in [0.1, 0.15) is 0 Å².